The smallest absolute Gasteiger partial charge is 0.267 e. The number of aromatic nitrogens is 4. The van der Waals surface area contributed by atoms with Crippen LogP contribution in [0.3, 0.4) is 0 Å². The Labute approximate surface area is 187 Å². The second kappa shape index (κ2) is 7.66. The molecule has 0 amide bonds. The third-order valence-corrected chi connectivity index (χ3v) is 6.69. The highest BCUT2D eigenvalue weighted by Crippen LogP contribution is 2.35. The number of nitrogens with zero attached hydrogens (tertiary/aromatic N) is 4. The zero-order valence-corrected chi connectivity index (χ0v) is 17.9. The molecule has 32 heavy (non-hydrogen) atoms. The lowest BCUT2D eigenvalue weighted by atomic mass is 10.0. The van der Waals surface area contributed by atoms with E-state index in [1.54, 1.807) is 22.2 Å². The predicted molar refractivity (Wildman–Crippen MR) is 130 cm³/mol. The van der Waals surface area contributed by atoms with E-state index in [2.05, 4.69) is 22.2 Å². The third kappa shape index (κ3) is 3.16. The molecular weight excluding hydrogens is 416 g/mol. The topological polar surface area (TPSA) is 60.7 Å². The van der Waals surface area contributed by atoms with Crippen molar-refractivity contribution in [2.45, 2.75) is 13.0 Å². The summed E-state index contributed by atoms with van der Waals surface area (Å²) in [6, 6.07) is 20.3. The van der Waals surface area contributed by atoms with Gasteiger partial charge in [-0.1, -0.05) is 48.5 Å². The van der Waals surface area contributed by atoms with Crippen LogP contribution in [-0.2, 0) is 13.0 Å². The molecule has 0 saturated carbocycles. The van der Waals surface area contributed by atoms with Gasteiger partial charge in [0.15, 0.2) is 0 Å². The number of rotatable bonds is 4. The maximum atomic E-state index is 13.4. The molecule has 0 aliphatic heterocycles. The van der Waals surface area contributed by atoms with Gasteiger partial charge in [0.05, 0.1) is 28.3 Å². The van der Waals surface area contributed by atoms with E-state index in [0.717, 1.165) is 43.2 Å². The van der Waals surface area contributed by atoms with Crippen molar-refractivity contribution in [3.63, 3.8) is 0 Å². The van der Waals surface area contributed by atoms with Gasteiger partial charge < -0.3 is 0 Å². The lowest BCUT2D eigenvalue weighted by Gasteiger charge is -2.08. The lowest BCUT2D eigenvalue weighted by molar-refractivity contribution is 0.580. The van der Waals surface area contributed by atoms with Crippen molar-refractivity contribution >= 4 is 43.1 Å². The first-order valence-corrected chi connectivity index (χ1v) is 11.3. The molecule has 0 radical (unpaired) electrons. The molecule has 0 atom stereocenters. The van der Waals surface area contributed by atoms with Gasteiger partial charge in [-0.3, -0.25) is 14.8 Å². The lowest BCUT2D eigenvalue weighted by Crippen LogP contribution is -2.23. The second-order valence-corrected chi connectivity index (χ2v) is 8.63. The van der Waals surface area contributed by atoms with E-state index in [4.69, 9.17) is 4.98 Å². The van der Waals surface area contributed by atoms with Gasteiger partial charge in [0.2, 0.25) is 0 Å². The summed E-state index contributed by atoms with van der Waals surface area (Å²) < 4.78 is 2.44. The molecule has 6 rings (SSSR count). The Hall–Kier alpha value is -3.90. The highest BCUT2D eigenvalue weighted by molar-refractivity contribution is 7.17. The second-order valence-electron chi connectivity index (χ2n) is 7.71. The van der Waals surface area contributed by atoms with Crippen LogP contribution in [0.25, 0.3) is 42.9 Å². The molecule has 5 nitrogen and oxygen atoms in total. The van der Waals surface area contributed by atoms with Crippen LogP contribution >= 0.6 is 11.3 Å². The predicted octanol–water partition coefficient (Wildman–Crippen LogP) is 5.46. The molecule has 4 aromatic heterocycles. The van der Waals surface area contributed by atoms with E-state index in [1.807, 2.05) is 66.3 Å². The van der Waals surface area contributed by atoms with Gasteiger partial charge in [-0.2, -0.15) is 5.10 Å². The average molecular weight is 435 g/mol. The molecule has 154 valence electrons. The van der Waals surface area contributed by atoms with Gasteiger partial charge in [0.1, 0.15) is 0 Å². The first kappa shape index (κ1) is 18.8. The summed E-state index contributed by atoms with van der Waals surface area (Å²) in [5, 5.41) is 10.4. The fourth-order valence-corrected chi connectivity index (χ4v) is 5.06. The molecule has 0 fully saturated rings. The first-order chi connectivity index (χ1) is 15.8. The van der Waals surface area contributed by atoms with Crippen molar-refractivity contribution < 1.29 is 0 Å². The van der Waals surface area contributed by atoms with E-state index in [1.165, 1.54) is 0 Å². The Bertz CT molecular complexity index is 1660. The van der Waals surface area contributed by atoms with Crippen LogP contribution in [0.1, 0.15) is 5.69 Å². The number of benzene rings is 2. The minimum Gasteiger partial charge on any atom is -0.267 e. The zero-order valence-electron chi connectivity index (χ0n) is 17.1. The van der Waals surface area contributed by atoms with Crippen LogP contribution in [0.2, 0.25) is 0 Å². The van der Waals surface area contributed by atoms with E-state index in [9.17, 15) is 4.79 Å². The molecule has 4 heterocycles. The number of hydrogen-bond donors (Lipinski definition) is 0. The van der Waals surface area contributed by atoms with Crippen LogP contribution < -0.4 is 5.56 Å². The van der Waals surface area contributed by atoms with E-state index >= 15 is 0 Å². The normalized spacial score (nSPS) is 11.5. The Morgan fingerprint density at radius 3 is 2.62 bits per heavy atom. The van der Waals surface area contributed by atoms with Gasteiger partial charge in [-0.25, -0.2) is 4.68 Å². The number of aryl methyl sites for hydroxylation is 2. The number of fused-ring (bicyclic) bond motifs is 3. The van der Waals surface area contributed by atoms with Crippen molar-refractivity contribution in [2.75, 3.05) is 0 Å². The fraction of sp³-hybridized carbons (Fsp3) is 0.0769. The molecule has 0 aliphatic carbocycles. The number of hydrogen-bond acceptors (Lipinski definition) is 5. The summed E-state index contributed by atoms with van der Waals surface area (Å²) in [4.78, 5) is 22.5. The number of para-hydroxylation sites is 1. The Morgan fingerprint density at radius 2 is 1.69 bits per heavy atom. The average Bonchev–Trinajstić information content (AvgIpc) is 3.28. The Balaban J connectivity index is 1.40. The minimum absolute atomic E-state index is 0.0764. The highest BCUT2D eigenvalue weighted by atomic mass is 32.1. The van der Waals surface area contributed by atoms with Crippen molar-refractivity contribution in [3.8, 4) is 11.1 Å². The van der Waals surface area contributed by atoms with E-state index < -0.39 is 0 Å². The minimum atomic E-state index is -0.0764. The molecule has 0 saturated heterocycles. The van der Waals surface area contributed by atoms with Crippen LogP contribution in [0.4, 0.5) is 0 Å². The molecule has 0 aliphatic rings. The van der Waals surface area contributed by atoms with Crippen molar-refractivity contribution in [1.29, 1.82) is 0 Å². The van der Waals surface area contributed by atoms with Crippen LogP contribution in [0.5, 0.6) is 0 Å². The van der Waals surface area contributed by atoms with Gasteiger partial charge in [0, 0.05) is 51.8 Å². The largest absolute Gasteiger partial charge is 0.276 e. The van der Waals surface area contributed by atoms with Crippen molar-refractivity contribution in [3.05, 3.63) is 101 Å². The van der Waals surface area contributed by atoms with Crippen molar-refractivity contribution in [2.24, 2.45) is 0 Å². The van der Waals surface area contributed by atoms with Gasteiger partial charge in [0.25, 0.3) is 5.56 Å². The van der Waals surface area contributed by atoms with Crippen LogP contribution in [0, 0.1) is 0 Å². The highest BCUT2D eigenvalue weighted by Gasteiger charge is 2.15. The SMILES string of the molecule is O=c1c2c(-c3cncc4ccccc34)csc2cnn1CCc1ccc2ccccc2n1. The van der Waals surface area contributed by atoms with Crippen LogP contribution in [0.15, 0.2) is 89.4 Å². The van der Waals surface area contributed by atoms with Gasteiger partial charge >= 0.3 is 0 Å². The first-order valence-electron chi connectivity index (χ1n) is 10.4. The van der Waals surface area contributed by atoms with E-state index in [0.29, 0.717) is 18.4 Å². The standard InChI is InChI=1S/C26H18N4OS/c31-26-25-22(21-14-27-13-18-6-1-3-7-20(18)21)16-32-24(25)15-28-30(26)12-11-19-10-9-17-5-2-4-8-23(17)29-19/h1-10,13-16H,11-12H2. The summed E-state index contributed by atoms with van der Waals surface area (Å²) >= 11 is 1.54. The summed E-state index contributed by atoms with van der Waals surface area (Å²) in [5.41, 5.74) is 3.72. The van der Waals surface area contributed by atoms with Crippen molar-refractivity contribution in [1.82, 2.24) is 19.7 Å². The third-order valence-electron chi connectivity index (χ3n) is 5.78. The summed E-state index contributed by atoms with van der Waals surface area (Å²) in [5.74, 6) is 0. The monoisotopic (exact) mass is 434 g/mol. The molecule has 2 aromatic carbocycles. The van der Waals surface area contributed by atoms with Gasteiger partial charge in [-0.05, 0) is 17.5 Å². The maximum absolute atomic E-state index is 13.4. The molecule has 0 bridgehead atoms. The summed E-state index contributed by atoms with van der Waals surface area (Å²) in [7, 11) is 0. The summed E-state index contributed by atoms with van der Waals surface area (Å²) in [6.07, 6.45) is 6.12. The maximum Gasteiger partial charge on any atom is 0.276 e. The zero-order chi connectivity index (χ0) is 21.5. The molecule has 0 N–H and O–H groups in total. The summed E-state index contributed by atoms with van der Waals surface area (Å²) in [6.45, 7) is 0.475. The van der Waals surface area contributed by atoms with E-state index in [-0.39, 0.29) is 5.56 Å². The molecule has 0 unspecified atom stereocenters. The fourth-order valence-electron chi connectivity index (χ4n) is 4.15. The quantitative estimate of drug-likeness (QED) is 0.369. The van der Waals surface area contributed by atoms with Crippen LogP contribution in [-0.4, -0.2) is 19.7 Å². The number of thiophene rings is 1. The molecule has 6 aromatic rings. The Morgan fingerprint density at radius 1 is 0.844 bits per heavy atom. The van der Waals surface area contributed by atoms with Gasteiger partial charge in [-0.15, -0.1) is 11.3 Å². The molecule has 0 spiro atoms. The molecular formula is C26H18N4OS. The number of pyridine rings is 2. The Kier molecular flexibility index (Phi) is 4.51. The molecule has 6 heteroatoms.